The van der Waals surface area contributed by atoms with E-state index in [-0.39, 0.29) is 6.10 Å². The maximum Gasteiger partial charge on any atom is 0.191 e. The van der Waals surface area contributed by atoms with E-state index in [1.54, 1.807) is 6.26 Å². The molecule has 1 saturated carbocycles. The Hall–Kier alpha value is -1.53. The van der Waals surface area contributed by atoms with Crippen molar-refractivity contribution in [1.29, 1.82) is 0 Å². The zero-order valence-electron chi connectivity index (χ0n) is 16.8. The zero-order chi connectivity index (χ0) is 18.9. The van der Waals surface area contributed by atoms with Gasteiger partial charge in [-0.25, -0.2) is 0 Å². The first-order valence-corrected chi connectivity index (χ1v) is 10.5. The second-order valence-corrected chi connectivity index (χ2v) is 7.88. The zero-order valence-corrected chi connectivity index (χ0v) is 16.8. The molecule has 1 aromatic heterocycles. The highest BCUT2D eigenvalue weighted by Gasteiger charge is 2.23. The van der Waals surface area contributed by atoms with Gasteiger partial charge in [0.25, 0.3) is 0 Å². The van der Waals surface area contributed by atoms with Gasteiger partial charge in [-0.2, -0.15) is 0 Å². The molecule has 1 unspecified atom stereocenters. The third kappa shape index (κ3) is 7.18. The van der Waals surface area contributed by atoms with E-state index < -0.39 is 0 Å². The fourth-order valence-corrected chi connectivity index (χ4v) is 3.81. The maximum absolute atomic E-state index is 5.97. The minimum Gasteiger partial charge on any atom is -0.469 e. The quantitative estimate of drug-likeness (QED) is 0.538. The highest BCUT2D eigenvalue weighted by molar-refractivity contribution is 5.80. The van der Waals surface area contributed by atoms with Gasteiger partial charge in [0.2, 0.25) is 0 Å². The molecule has 2 heterocycles. The first-order chi connectivity index (χ1) is 13.2. The molecule has 2 N–H and O–H groups in total. The second-order valence-electron chi connectivity index (χ2n) is 7.88. The summed E-state index contributed by atoms with van der Waals surface area (Å²) in [4.78, 5) is 4.79. The predicted octanol–water partition coefficient (Wildman–Crippen LogP) is 3.27. The van der Waals surface area contributed by atoms with E-state index >= 15 is 0 Å². The predicted molar refractivity (Wildman–Crippen MR) is 107 cm³/mol. The molecule has 1 aromatic rings. The van der Waals surface area contributed by atoms with Crippen molar-refractivity contribution in [3.05, 3.63) is 24.2 Å². The number of nitrogens with zero attached hydrogens (tertiary/aromatic N) is 1. The lowest BCUT2D eigenvalue weighted by atomic mass is 9.93. The van der Waals surface area contributed by atoms with Gasteiger partial charge in [-0.1, -0.05) is 0 Å². The van der Waals surface area contributed by atoms with Crippen LogP contribution in [-0.2, 0) is 15.9 Å². The second kappa shape index (κ2) is 10.7. The number of rotatable bonds is 8. The maximum atomic E-state index is 5.97. The number of guanidine groups is 1. The highest BCUT2D eigenvalue weighted by Crippen LogP contribution is 2.22. The van der Waals surface area contributed by atoms with Gasteiger partial charge in [-0.15, -0.1) is 0 Å². The van der Waals surface area contributed by atoms with Gasteiger partial charge in [-0.05, 0) is 64.5 Å². The minimum absolute atomic E-state index is 0.267. The van der Waals surface area contributed by atoms with E-state index in [1.165, 1.54) is 0 Å². The molecule has 1 saturated heterocycles. The van der Waals surface area contributed by atoms with Gasteiger partial charge in [0.1, 0.15) is 5.76 Å². The van der Waals surface area contributed by atoms with E-state index in [0.717, 1.165) is 76.4 Å². The smallest absolute Gasteiger partial charge is 0.191 e. The molecule has 2 aliphatic rings. The van der Waals surface area contributed by atoms with Crippen LogP contribution in [0.5, 0.6) is 0 Å². The van der Waals surface area contributed by atoms with Crippen LogP contribution in [0.25, 0.3) is 0 Å². The van der Waals surface area contributed by atoms with E-state index in [9.17, 15) is 0 Å². The third-order valence-electron chi connectivity index (χ3n) is 5.20. The van der Waals surface area contributed by atoms with Crippen molar-refractivity contribution in [3.63, 3.8) is 0 Å². The van der Waals surface area contributed by atoms with Crippen LogP contribution < -0.4 is 10.6 Å². The molecule has 152 valence electrons. The number of hydrogen-bond acceptors (Lipinski definition) is 4. The molecular formula is C21H35N3O3. The van der Waals surface area contributed by atoms with Crippen LogP contribution in [0, 0.1) is 0 Å². The summed E-state index contributed by atoms with van der Waals surface area (Å²) in [5.41, 5.74) is 0. The van der Waals surface area contributed by atoms with Crippen LogP contribution in [0.4, 0.5) is 0 Å². The molecular weight excluding hydrogens is 342 g/mol. The fraction of sp³-hybridized carbons (Fsp3) is 0.762. The monoisotopic (exact) mass is 377 g/mol. The largest absolute Gasteiger partial charge is 0.469 e. The van der Waals surface area contributed by atoms with E-state index in [1.807, 2.05) is 12.1 Å². The van der Waals surface area contributed by atoms with Gasteiger partial charge in [0, 0.05) is 25.6 Å². The Balaban J connectivity index is 1.47. The lowest BCUT2D eigenvalue weighted by Gasteiger charge is -2.31. The van der Waals surface area contributed by atoms with Crippen molar-refractivity contribution < 1.29 is 13.9 Å². The van der Waals surface area contributed by atoms with Gasteiger partial charge in [0.05, 0.1) is 31.1 Å². The summed E-state index contributed by atoms with van der Waals surface area (Å²) in [7, 11) is 0. The van der Waals surface area contributed by atoms with Crippen LogP contribution in [0.15, 0.2) is 27.8 Å². The van der Waals surface area contributed by atoms with Crippen LogP contribution in [-0.4, -0.2) is 50.0 Å². The highest BCUT2D eigenvalue weighted by atomic mass is 16.5. The van der Waals surface area contributed by atoms with Gasteiger partial charge in [-0.3, -0.25) is 4.99 Å². The first-order valence-electron chi connectivity index (χ1n) is 10.5. The number of hydrogen-bond donors (Lipinski definition) is 2. The van der Waals surface area contributed by atoms with Crippen molar-refractivity contribution in [2.45, 2.75) is 83.1 Å². The summed E-state index contributed by atoms with van der Waals surface area (Å²) >= 11 is 0. The molecule has 27 heavy (non-hydrogen) atoms. The summed E-state index contributed by atoms with van der Waals surface area (Å²) < 4.78 is 17.1. The SMILES string of the molecule is CC(C)OC1CCC(NC(=NCC2CCCO2)NCCc2ccco2)CC1. The first kappa shape index (κ1) is 20.2. The Bertz CT molecular complexity index is 545. The molecule has 1 atom stereocenters. The Morgan fingerprint density at radius 2 is 2.11 bits per heavy atom. The molecule has 6 nitrogen and oxygen atoms in total. The van der Waals surface area contributed by atoms with Crippen molar-refractivity contribution in [3.8, 4) is 0 Å². The fourth-order valence-electron chi connectivity index (χ4n) is 3.81. The van der Waals surface area contributed by atoms with Gasteiger partial charge < -0.3 is 24.5 Å². The molecule has 0 spiro atoms. The summed E-state index contributed by atoms with van der Waals surface area (Å²) in [6, 6.07) is 4.39. The lowest BCUT2D eigenvalue weighted by Crippen LogP contribution is -2.46. The summed E-state index contributed by atoms with van der Waals surface area (Å²) in [6.07, 6.45) is 10.3. The molecule has 0 bridgehead atoms. The van der Waals surface area contributed by atoms with Crippen LogP contribution in [0.1, 0.15) is 58.1 Å². The summed E-state index contributed by atoms with van der Waals surface area (Å²) in [5, 5.41) is 7.10. The molecule has 0 radical (unpaired) electrons. The normalized spacial score (nSPS) is 26.5. The number of nitrogens with one attached hydrogen (secondary N) is 2. The average molecular weight is 378 g/mol. The van der Waals surface area contributed by atoms with Gasteiger partial charge >= 0.3 is 0 Å². The molecule has 2 fully saturated rings. The summed E-state index contributed by atoms with van der Waals surface area (Å²) in [5.74, 6) is 1.89. The van der Waals surface area contributed by atoms with Crippen LogP contribution in [0.2, 0.25) is 0 Å². The number of furan rings is 1. The molecule has 1 aliphatic carbocycles. The molecule has 3 rings (SSSR count). The van der Waals surface area contributed by atoms with E-state index in [4.69, 9.17) is 18.9 Å². The standard InChI is InChI=1S/C21H35N3O3/c1-16(2)27-19-9-7-17(8-10-19)24-21(23-15-20-6-4-14-26-20)22-12-11-18-5-3-13-25-18/h3,5,13,16-17,19-20H,4,6-12,14-15H2,1-2H3,(H2,22,23,24). The average Bonchev–Trinajstić information content (AvgIpc) is 3.34. The topological polar surface area (TPSA) is 68.0 Å². The number of aliphatic imine (C=N–C) groups is 1. The summed E-state index contributed by atoms with van der Waals surface area (Å²) in [6.45, 7) is 6.62. The van der Waals surface area contributed by atoms with Crippen molar-refractivity contribution in [1.82, 2.24) is 10.6 Å². The van der Waals surface area contributed by atoms with Crippen LogP contribution >= 0.6 is 0 Å². The molecule has 0 amide bonds. The minimum atomic E-state index is 0.267. The molecule has 0 aromatic carbocycles. The van der Waals surface area contributed by atoms with Crippen molar-refractivity contribution in [2.24, 2.45) is 4.99 Å². The lowest BCUT2D eigenvalue weighted by molar-refractivity contribution is -0.0152. The Kier molecular flexibility index (Phi) is 8.02. The van der Waals surface area contributed by atoms with E-state index in [2.05, 4.69) is 24.5 Å². The molecule has 1 aliphatic heterocycles. The third-order valence-corrected chi connectivity index (χ3v) is 5.20. The van der Waals surface area contributed by atoms with Gasteiger partial charge in [0.15, 0.2) is 5.96 Å². The van der Waals surface area contributed by atoms with E-state index in [0.29, 0.717) is 18.2 Å². The molecule has 6 heteroatoms. The Morgan fingerprint density at radius 1 is 1.26 bits per heavy atom. The van der Waals surface area contributed by atoms with Crippen molar-refractivity contribution >= 4 is 5.96 Å². The van der Waals surface area contributed by atoms with Crippen LogP contribution in [0.3, 0.4) is 0 Å². The Labute approximate surface area is 163 Å². The number of ether oxygens (including phenoxy) is 2. The van der Waals surface area contributed by atoms with Crippen molar-refractivity contribution in [2.75, 3.05) is 19.7 Å². The Morgan fingerprint density at radius 3 is 2.78 bits per heavy atom.